The van der Waals surface area contributed by atoms with E-state index in [4.69, 9.17) is 4.74 Å². The number of ether oxygens (including phenoxy) is 1. The summed E-state index contributed by atoms with van der Waals surface area (Å²) in [6.07, 6.45) is 0. The van der Waals surface area contributed by atoms with Gasteiger partial charge in [-0.05, 0) is 36.2 Å². The lowest BCUT2D eigenvalue weighted by Crippen LogP contribution is -2.38. The first-order valence-electron chi connectivity index (χ1n) is 5.72. The summed E-state index contributed by atoms with van der Waals surface area (Å²) in [5.74, 6) is 0.444. The van der Waals surface area contributed by atoms with Gasteiger partial charge in [0.25, 0.3) is 0 Å². The molecule has 0 fully saturated rings. The quantitative estimate of drug-likeness (QED) is 0.760. The van der Waals surface area contributed by atoms with E-state index in [1.54, 1.807) is 0 Å². The zero-order chi connectivity index (χ0) is 12.1. The van der Waals surface area contributed by atoms with Gasteiger partial charge in [-0.3, -0.25) is 0 Å². The van der Waals surface area contributed by atoms with Gasteiger partial charge in [-0.15, -0.1) is 0 Å². The van der Waals surface area contributed by atoms with Gasteiger partial charge in [0.1, 0.15) is 5.75 Å². The van der Waals surface area contributed by atoms with E-state index in [9.17, 15) is 5.11 Å². The van der Waals surface area contributed by atoms with Crippen LogP contribution in [0.5, 0.6) is 5.75 Å². The third-order valence-electron chi connectivity index (χ3n) is 3.27. The fraction of sp³-hybridized carbons (Fsp3) is 0.538. The summed E-state index contributed by atoms with van der Waals surface area (Å²) in [5, 5.41) is 11.2. The van der Waals surface area contributed by atoms with Gasteiger partial charge >= 0.3 is 0 Å². The van der Waals surface area contributed by atoms with Crippen molar-refractivity contribution < 1.29 is 9.84 Å². The minimum absolute atomic E-state index is 0.211. The standard InChI is InChI=1S/C13H20O2Si/c1-13(2)10-7-12(16(3,4)5)11(14)6-9(10)8-15-13/h6-7,14H,8H2,1-5H3. The molecule has 1 N–H and O–H groups in total. The maximum Gasteiger partial charge on any atom is 0.115 e. The van der Waals surface area contributed by atoms with Crippen molar-refractivity contribution in [2.45, 2.75) is 45.7 Å². The molecular weight excluding hydrogens is 216 g/mol. The van der Waals surface area contributed by atoms with E-state index in [2.05, 4.69) is 39.6 Å². The summed E-state index contributed by atoms with van der Waals surface area (Å²) < 4.78 is 5.74. The Kier molecular flexibility index (Phi) is 2.44. The number of phenols is 1. The van der Waals surface area contributed by atoms with Crippen molar-refractivity contribution in [3.8, 4) is 5.75 Å². The average molecular weight is 236 g/mol. The summed E-state index contributed by atoms with van der Waals surface area (Å²) in [4.78, 5) is 0. The third-order valence-corrected chi connectivity index (χ3v) is 5.28. The Hall–Kier alpha value is -0.803. The highest BCUT2D eigenvalue weighted by Gasteiger charge is 2.33. The van der Waals surface area contributed by atoms with Gasteiger partial charge in [-0.1, -0.05) is 25.7 Å². The minimum atomic E-state index is -1.49. The number of rotatable bonds is 1. The van der Waals surface area contributed by atoms with Crippen LogP contribution in [0.4, 0.5) is 0 Å². The Morgan fingerprint density at radius 1 is 1.25 bits per heavy atom. The van der Waals surface area contributed by atoms with E-state index in [1.807, 2.05) is 6.07 Å². The van der Waals surface area contributed by atoms with E-state index in [-0.39, 0.29) is 5.60 Å². The second kappa shape index (κ2) is 3.34. The first kappa shape index (κ1) is 11.7. The molecule has 2 rings (SSSR count). The molecule has 1 aliphatic heterocycles. The Bertz CT molecular complexity index is 430. The van der Waals surface area contributed by atoms with Crippen LogP contribution in [0.15, 0.2) is 12.1 Å². The van der Waals surface area contributed by atoms with Crippen molar-refractivity contribution in [3.05, 3.63) is 23.3 Å². The van der Waals surface area contributed by atoms with Crippen LogP contribution in [0, 0.1) is 0 Å². The first-order chi connectivity index (χ1) is 7.22. The van der Waals surface area contributed by atoms with Gasteiger partial charge in [-0.25, -0.2) is 0 Å². The Labute approximate surface area is 98.3 Å². The second-order valence-corrected chi connectivity index (χ2v) is 11.1. The molecule has 0 unspecified atom stereocenters. The summed E-state index contributed by atoms with van der Waals surface area (Å²) in [7, 11) is -1.49. The Balaban J connectivity index is 2.61. The first-order valence-corrected chi connectivity index (χ1v) is 9.22. The molecule has 0 aromatic heterocycles. The molecule has 3 heteroatoms. The normalized spacial score (nSPS) is 18.6. The zero-order valence-electron chi connectivity index (χ0n) is 10.7. The topological polar surface area (TPSA) is 29.5 Å². The van der Waals surface area contributed by atoms with Crippen molar-refractivity contribution in [1.82, 2.24) is 0 Å². The van der Waals surface area contributed by atoms with E-state index in [1.165, 1.54) is 5.56 Å². The van der Waals surface area contributed by atoms with Crippen LogP contribution < -0.4 is 5.19 Å². The predicted octanol–water partition coefficient (Wildman–Crippen LogP) is 2.70. The molecule has 1 aliphatic rings. The lowest BCUT2D eigenvalue weighted by atomic mass is 9.96. The summed E-state index contributed by atoms with van der Waals surface area (Å²) >= 11 is 0. The average Bonchev–Trinajstić information content (AvgIpc) is 2.39. The zero-order valence-corrected chi connectivity index (χ0v) is 11.7. The molecule has 0 saturated carbocycles. The van der Waals surface area contributed by atoms with Crippen LogP contribution in [-0.2, 0) is 16.9 Å². The van der Waals surface area contributed by atoms with Gasteiger partial charge in [0, 0.05) is 0 Å². The number of phenolic OH excluding ortho intramolecular Hbond substituents is 1. The molecule has 0 saturated heterocycles. The molecule has 0 spiro atoms. The lowest BCUT2D eigenvalue weighted by Gasteiger charge is -2.23. The van der Waals surface area contributed by atoms with Gasteiger partial charge in [0.15, 0.2) is 0 Å². The molecule has 0 atom stereocenters. The molecule has 0 aliphatic carbocycles. The smallest absolute Gasteiger partial charge is 0.115 e. The molecular formula is C13H20O2Si. The highest BCUT2D eigenvalue weighted by molar-refractivity contribution is 6.89. The SMILES string of the molecule is CC1(C)OCc2cc(O)c([Si](C)(C)C)cc21. The minimum Gasteiger partial charge on any atom is -0.508 e. The van der Waals surface area contributed by atoms with Crippen molar-refractivity contribution >= 4 is 13.3 Å². The van der Waals surface area contributed by atoms with Gasteiger partial charge in [-0.2, -0.15) is 0 Å². The largest absolute Gasteiger partial charge is 0.508 e. The monoisotopic (exact) mass is 236 g/mol. The molecule has 0 amide bonds. The number of aromatic hydroxyl groups is 1. The van der Waals surface area contributed by atoms with E-state index in [0.717, 1.165) is 10.8 Å². The second-order valence-electron chi connectivity index (χ2n) is 6.08. The van der Waals surface area contributed by atoms with E-state index < -0.39 is 8.07 Å². The predicted molar refractivity (Wildman–Crippen MR) is 68.9 cm³/mol. The van der Waals surface area contributed by atoms with Crippen LogP contribution in [-0.4, -0.2) is 13.2 Å². The Morgan fingerprint density at radius 2 is 1.88 bits per heavy atom. The third kappa shape index (κ3) is 1.78. The van der Waals surface area contributed by atoms with Crippen molar-refractivity contribution in [2.75, 3.05) is 0 Å². The van der Waals surface area contributed by atoms with E-state index in [0.29, 0.717) is 12.4 Å². The lowest BCUT2D eigenvalue weighted by molar-refractivity contribution is -0.00787. The summed E-state index contributed by atoms with van der Waals surface area (Å²) in [5.41, 5.74) is 2.16. The molecule has 1 heterocycles. The number of benzene rings is 1. The highest BCUT2D eigenvalue weighted by atomic mass is 28.3. The molecule has 0 radical (unpaired) electrons. The molecule has 16 heavy (non-hydrogen) atoms. The fourth-order valence-electron chi connectivity index (χ4n) is 2.25. The molecule has 88 valence electrons. The van der Waals surface area contributed by atoms with Crippen molar-refractivity contribution in [1.29, 1.82) is 0 Å². The van der Waals surface area contributed by atoms with Crippen LogP contribution in [0.1, 0.15) is 25.0 Å². The maximum atomic E-state index is 10.1. The van der Waals surface area contributed by atoms with Gasteiger partial charge < -0.3 is 9.84 Å². The fourth-order valence-corrected chi connectivity index (χ4v) is 3.67. The highest BCUT2D eigenvalue weighted by Crippen LogP contribution is 2.37. The summed E-state index contributed by atoms with van der Waals surface area (Å²) in [6.45, 7) is 11.5. The molecule has 2 nitrogen and oxygen atoms in total. The van der Waals surface area contributed by atoms with Crippen LogP contribution in [0.2, 0.25) is 19.6 Å². The van der Waals surface area contributed by atoms with Crippen molar-refractivity contribution in [2.24, 2.45) is 0 Å². The molecule has 0 bridgehead atoms. The van der Waals surface area contributed by atoms with Gasteiger partial charge in [0.2, 0.25) is 0 Å². The molecule has 1 aromatic carbocycles. The van der Waals surface area contributed by atoms with E-state index >= 15 is 0 Å². The van der Waals surface area contributed by atoms with Gasteiger partial charge in [0.05, 0.1) is 20.3 Å². The van der Waals surface area contributed by atoms with Crippen LogP contribution in [0.25, 0.3) is 0 Å². The van der Waals surface area contributed by atoms with Crippen molar-refractivity contribution in [3.63, 3.8) is 0 Å². The van der Waals surface area contributed by atoms with Crippen LogP contribution >= 0.6 is 0 Å². The maximum absolute atomic E-state index is 10.1. The number of fused-ring (bicyclic) bond motifs is 1. The summed E-state index contributed by atoms with van der Waals surface area (Å²) in [6, 6.07) is 4.04. The van der Waals surface area contributed by atoms with Crippen LogP contribution in [0.3, 0.4) is 0 Å². The number of hydrogen-bond donors (Lipinski definition) is 1. The Morgan fingerprint density at radius 3 is 2.44 bits per heavy atom. The number of hydrogen-bond acceptors (Lipinski definition) is 2. The molecule has 1 aromatic rings.